The molecule has 1 amide bonds. The molecule has 0 bridgehead atoms. The molecule has 2 aromatic carbocycles. The van der Waals surface area contributed by atoms with Gasteiger partial charge in [-0.25, -0.2) is 0 Å². The highest BCUT2D eigenvalue weighted by Gasteiger charge is 2.22. The van der Waals surface area contributed by atoms with Crippen LogP contribution in [0.4, 0.5) is 0 Å². The molecule has 4 nitrogen and oxygen atoms in total. The van der Waals surface area contributed by atoms with Gasteiger partial charge in [0.15, 0.2) is 0 Å². The molecular formula is C22H27NO3. The molecule has 0 aromatic heterocycles. The Kier molecular flexibility index (Phi) is 6.16. The Balaban J connectivity index is 1.81. The van der Waals surface area contributed by atoms with Gasteiger partial charge in [0.2, 0.25) is 5.91 Å². The summed E-state index contributed by atoms with van der Waals surface area (Å²) in [7, 11) is 1.62. The first-order chi connectivity index (χ1) is 12.7. The molecule has 1 atom stereocenters. The number of hydrogen-bond acceptors (Lipinski definition) is 3. The third kappa shape index (κ3) is 4.37. The number of carbonyl (C=O) groups is 1. The SMILES string of the molecule is COc1ccc(O)c(C(CCC(=O)N2CCCCC2)c2ccccc2)c1. The number of benzene rings is 2. The number of phenols is 1. The van der Waals surface area contributed by atoms with Crippen molar-refractivity contribution in [2.45, 2.75) is 38.0 Å². The standard InChI is InChI=1S/C22H27NO3/c1-26-18-10-12-21(24)20(16-18)19(17-8-4-2-5-9-17)11-13-22(25)23-14-6-3-7-15-23/h2,4-5,8-10,12,16,19,24H,3,6-7,11,13-15H2,1H3. The van der Waals surface area contributed by atoms with Crippen molar-refractivity contribution in [2.24, 2.45) is 0 Å². The predicted molar refractivity (Wildman–Crippen MR) is 103 cm³/mol. The van der Waals surface area contributed by atoms with E-state index in [0.29, 0.717) is 18.6 Å². The summed E-state index contributed by atoms with van der Waals surface area (Å²) in [6, 6.07) is 15.3. The Morgan fingerprint density at radius 3 is 2.54 bits per heavy atom. The lowest BCUT2D eigenvalue weighted by atomic mass is 9.86. The largest absolute Gasteiger partial charge is 0.508 e. The van der Waals surface area contributed by atoms with E-state index in [-0.39, 0.29) is 17.6 Å². The molecule has 26 heavy (non-hydrogen) atoms. The maximum absolute atomic E-state index is 12.6. The van der Waals surface area contributed by atoms with Crippen molar-refractivity contribution in [2.75, 3.05) is 20.2 Å². The summed E-state index contributed by atoms with van der Waals surface area (Å²) in [6.45, 7) is 1.75. The van der Waals surface area contributed by atoms with Gasteiger partial charge in [-0.05, 0) is 49.4 Å². The highest BCUT2D eigenvalue weighted by atomic mass is 16.5. The van der Waals surface area contributed by atoms with Crippen LogP contribution in [0.5, 0.6) is 11.5 Å². The number of methoxy groups -OCH3 is 1. The maximum atomic E-state index is 12.6. The van der Waals surface area contributed by atoms with Crippen LogP contribution in [0.15, 0.2) is 48.5 Å². The number of piperidine rings is 1. The molecular weight excluding hydrogens is 326 g/mol. The molecule has 1 heterocycles. The van der Waals surface area contributed by atoms with E-state index in [1.54, 1.807) is 19.2 Å². The van der Waals surface area contributed by atoms with Gasteiger partial charge in [-0.1, -0.05) is 30.3 Å². The molecule has 0 spiro atoms. The first-order valence-electron chi connectivity index (χ1n) is 9.38. The number of likely N-dealkylation sites (tertiary alicyclic amines) is 1. The molecule has 0 radical (unpaired) electrons. The van der Waals surface area contributed by atoms with Gasteiger partial charge in [0.05, 0.1) is 7.11 Å². The summed E-state index contributed by atoms with van der Waals surface area (Å²) in [5.74, 6) is 1.12. The lowest BCUT2D eigenvalue weighted by molar-refractivity contribution is -0.132. The van der Waals surface area contributed by atoms with E-state index in [1.807, 2.05) is 29.2 Å². The van der Waals surface area contributed by atoms with Crippen LogP contribution in [0.3, 0.4) is 0 Å². The highest BCUT2D eigenvalue weighted by molar-refractivity contribution is 5.76. The number of carbonyl (C=O) groups excluding carboxylic acids is 1. The van der Waals surface area contributed by atoms with Crippen LogP contribution in [0.25, 0.3) is 0 Å². The monoisotopic (exact) mass is 353 g/mol. The van der Waals surface area contributed by atoms with Crippen LogP contribution < -0.4 is 4.74 Å². The fraction of sp³-hybridized carbons (Fsp3) is 0.409. The third-order valence-electron chi connectivity index (χ3n) is 5.17. The normalized spacial score (nSPS) is 15.5. The zero-order valence-corrected chi connectivity index (χ0v) is 15.4. The van der Waals surface area contributed by atoms with Crippen LogP contribution in [0.1, 0.15) is 49.1 Å². The molecule has 0 aliphatic carbocycles. The van der Waals surface area contributed by atoms with Gasteiger partial charge in [0.25, 0.3) is 0 Å². The Morgan fingerprint density at radius 2 is 1.85 bits per heavy atom. The van der Waals surface area contributed by atoms with E-state index >= 15 is 0 Å². The summed E-state index contributed by atoms with van der Waals surface area (Å²) < 4.78 is 5.33. The number of hydrogen-bond donors (Lipinski definition) is 1. The van der Waals surface area contributed by atoms with Crippen LogP contribution in [-0.4, -0.2) is 36.1 Å². The van der Waals surface area contributed by atoms with E-state index in [2.05, 4.69) is 12.1 Å². The highest BCUT2D eigenvalue weighted by Crippen LogP contribution is 2.37. The average Bonchev–Trinajstić information content (AvgIpc) is 2.70. The molecule has 1 fully saturated rings. The van der Waals surface area contributed by atoms with Crippen molar-refractivity contribution in [3.8, 4) is 11.5 Å². The Morgan fingerprint density at radius 1 is 1.12 bits per heavy atom. The second-order valence-corrected chi connectivity index (χ2v) is 6.87. The Labute approximate surface area is 155 Å². The van der Waals surface area contributed by atoms with E-state index in [4.69, 9.17) is 4.74 Å². The van der Waals surface area contributed by atoms with Gasteiger partial charge in [-0.15, -0.1) is 0 Å². The summed E-state index contributed by atoms with van der Waals surface area (Å²) in [4.78, 5) is 14.6. The van der Waals surface area contributed by atoms with Gasteiger partial charge >= 0.3 is 0 Å². The number of phenolic OH excluding ortho intramolecular Hbond substituents is 1. The molecule has 138 valence electrons. The van der Waals surface area contributed by atoms with Gasteiger partial charge in [0, 0.05) is 31.0 Å². The van der Waals surface area contributed by atoms with Crippen molar-refractivity contribution in [3.63, 3.8) is 0 Å². The summed E-state index contributed by atoms with van der Waals surface area (Å²) in [5, 5.41) is 10.4. The topological polar surface area (TPSA) is 49.8 Å². The van der Waals surface area contributed by atoms with Crippen molar-refractivity contribution in [1.29, 1.82) is 0 Å². The van der Waals surface area contributed by atoms with Gasteiger partial charge in [0.1, 0.15) is 11.5 Å². The minimum absolute atomic E-state index is 0.0416. The number of amides is 1. The molecule has 3 rings (SSSR count). The van der Waals surface area contributed by atoms with Gasteiger partial charge in [-0.3, -0.25) is 4.79 Å². The summed E-state index contributed by atoms with van der Waals surface area (Å²) in [5.41, 5.74) is 1.91. The molecule has 4 heteroatoms. The number of rotatable bonds is 6. The smallest absolute Gasteiger partial charge is 0.222 e. The minimum atomic E-state index is -0.0416. The van der Waals surface area contributed by atoms with Gasteiger partial charge in [-0.2, -0.15) is 0 Å². The second kappa shape index (κ2) is 8.75. The molecule has 1 aliphatic rings. The van der Waals surface area contributed by atoms with E-state index in [0.717, 1.165) is 37.1 Å². The molecule has 0 saturated carbocycles. The molecule has 1 aliphatic heterocycles. The van der Waals surface area contributed by atoms with Crippen LogP contribution in [0, 0.1) is 0 Å². The summed E-state index contributed by atoms with van der Waals surface area (Å²) >= 11 is 0. The van der Waals surface area contributed by atoms with Crippen LogP contribution >= 0.6 is 0 Å². The molecule has 1 N–H and O–H groups in total. The summed E-state index contributed by atoms with van der Waals surface area (Å²) in [6.07, 6.45) is 4.57. The second-order valence-electron chi connectivity index (χ2n) is 6.87. The molecule has 2 aromatic rings. The number of nitrogens with zero attached hydrogens (tertiary/aromatic N) is 1. The zero-order valence-electron chi connectivity index (χ0n) is 15.4. The quantitative estimate of drug-likeness (QED) is 0.841. The van der Waals surface area contributed by atoms with Crippen molar-refractivity contribution >= 4 is 5.91 Å². The van der Waals surface area contributed by atoms with E-state index < -0.39 is 0 Å². The fourth-order valence-corrected chi connectivity index (χ4v) is 3.69. The first-order valence-corrected chi connectivity index (χ1v) is 9.38. The van der Waals surface area contributed by atoms with Crippen molar-refractivity contribution < 1.29 is 14.6 Å². The maximum Gasteiger partial charge on any atom is 0.222 e. The molecule has 1 saturated heterocycles. The first kappa shape index (κ1) is 18.3. The number of aromatic hydroxyl groups is 1. The van der Waals surface area contributed by atoms with E-state index in [9.17, 15) is 9.90 Å². The minimum Gasteiger partial charge on any atom is -0.508 e. The van der Waals surface area contributed by atoms with Gasteiger partial charge < -0.3 is 14.7 Å². The third-order valence-corrected chi connectivity index (χ3v) is 5.17. The van der Waals surface area contributed by atoms with Crippen molar-refractivity contribution in [3.05, 3.63) is 59.7 Å². The Bertz CT molecular complexity index is 723. The zero-order chi connectivity index (χ0) is 18.4. The van der Waals surface area contributed by atoms with E-state index in [1.165, 1.54) is 6.42 Å². The van der Waals surface area contributed by atoms with Crippen LogP contribution in [-0.2, 0) is 4.79 Å². The average molecular weight is 353 g/mol. The Hall–Kier alpha value is -2.49. The van der Waals surface area contributed by atoms with Crippen molar-refractivity contribution in [1.82, 2.24) is 4.90 Å². The lowest BCUT2D eigenvalue weighted by Gasteiger charge is -2.28. The van der Waals surface area contributed by atoms with Crippen LogP contribution in [0.2, 0.25) is 0 Å². The molecule has 1 unspecified atom stereocenters. The number of ether oxygens (including phenoxy) is 1. The predicted octanol–water partition coefficient (Wildman–Crippen LogP) is 4.33. The fourth-order valence-electron chi connectivity index (χ4n) is 3.69. The lowest BCUT2D eigenvalue weighted by Crippen LogP contribution is -2.35.